The number of aromatic nitrogens is 4. The number of piperidine rings is 1. The molecule has 18 nitrogen and oxygen atoms in total. The van der Waals surface area contributed by atoms with Crippen molar-refractivity contribution < 1.29 is 32.3 Å². The largest absolute Gasteiger partial charge is 0.444 e. The van der Waals surface area contributed by atoms with Crippen molar-refractivity contribution in [3.05, 3.63) is 91.8 Å². The molecule has 2 atom stereocenters. The summed E-state index contributed by atoms with van der Waals surface area (Å²) >= 11 is 9.46. The Labute approximate surface area is 340 Å². The molecule has 0 unspecified atom stereocenters. The summed E-state index contributed by atoms with van der Waals surface area (Å²) < 4.78 is 36.6. The summed E-state index contributed by atoms with van der Waals surface area (Å²) in [6.07, 6.45) is 4.17. The predicted molar refractivity (Wildman–Crippen MR) is 211 cm³/mol. The number of Topliss-reactive ketones (excluding diaryl/α,β-unsaturated/α-hetero) is 1. The van der Waals surface area contributed by atoms with Gasteiger partial charge in [0.05, 0.1) is 34.8 Å². The molecule has 57 heavy (non-hydrogen) atoms. The minimum absolute atomic E-state index is 0.0267. The Morgan fingerprint density at radius 1 is 1.00 bits per heavy atom. The van der Waals surface area contributed by atoms with Gasteiger partial charge in [-0.3, -0.25) is 24.3 Å². The van der Waals surface area contributed by atoms with Gasteiger partial charge in [0.25, 0.3) is 11.5 Å². The lowest BCUT2D eigenvalue weighted by molar-refractivity contribution is -0.121. The highest BCUT2D eigenvalue weighted by molar-refractivity contribution is 9.10. The summed E-state index contributed by atoms with van der Waals surface area (Å²) in [5.74, 6) is -0.855. The molecule has 2 fully saturated rings. The van der Waals surface area contributed by atoms with E-state index in [0.29, 0.717) is 47.2 Å². The Hall–Kier alpha value is -5.02. The molecule has 2 aliphatic heterocycles. The molecule has 7 rings (SSSR count). The van der Waals surface area contributed by atoms with E-state index < -0.39 is 45.9 Å². The van der Waals surface area contributed by atoms with Gasteiger partial charge >= 0.3 is 22.3 Å². The van der Waals surface area contributed by atoms with Gasteiger partial charge in [0.2, 0.25) is 0 Å². The van der Waals surface area contributed by atoms with Crippen LogP contribution in [0.2, 0.25) is 5.02 Å². The lowest BCUT2D eigenvalue weighted by Crippen LogP contribution is -2.55. The van der Waals surface area contributed by atoms with Gasteiger partial charge in [-0.15, -0.1) is 0 Å². The average Bonchev–Trinajstić information content (AvgIpc) is 3.60. The number of amides is 4. The summed E-state index contributed by atoms with van der Waals surface area (Å²) in [6.45, 7) is -0.0683. The zero-order valence-electron chi connectivity index (χ0n) is 30.3. The average molecular weight is 886 g/mol. The van der Waals surface area contributed by atoms with E-state index in [0.717, 1.165) is 15.4 Å². The van der Waals surface area contributed by atoms with E-state index in [-0.39, 0.29) is 67.9 Å². The number of halogens is 2. The zero-order chi connectivity index (χ0) is 40.3. The topological polar surface area (TPSA) is 227 Å². The second-order valence-corrected chi connectivity index (χ2v) is 16.8. The van der Waals surface area contributed by atoms with E-state index in [1.54, 1.807) is 6.07 Å². The van der Waals surface area contributed by atoms with Crippen molar-refractivity contribution >= 4 is 78.3 Å². The van der Waals surface area contributed by atoms with E-state index in [2.05, 4.69) is 46.8 Å². The highest BCUT2D eigenvalue weighted by Crippen LogP contribution is 2.26. The van der Waals surface area contributed by atoms with Crippen LogP contribution in [0.25, 0.3) is 10.9 Å². The molecule has 4 heterocycles. The fourth-order valence-electron chi connectivity index (χ4n) is 7.19. The van der Waals surface area contributed by atoms with Crippen molar-refractivity contribution in [2.75, 3.05) is 38.0 Å². The van der Waals surface area contributed by atoms with Crippen LogP contribution in [0.15, 0.2) is 64.4 Å². The maximum absolute atomic E-state index is 13.2. The third-order valence-corrected chi connectivity index (χ3v) is 12.7. The number of carbonyl (C=O) groups excluding carboxylic acids is 4. The molecule has 4 amide bonds. The number of fused-ring (bicyclic) bond motifs is 2. The number of anilines is 1. The van der Waals surface area contributed by atoms with Crippen LogP contribution < -0.4 is 26.2 Å². The van der Waals surface area contributed by atoms with Gasteiger partial charge in [0.1, 0.15) is 6.10 Å². The van der Waals surface area contributed by atoms with Crippen LogP contribution in [-0.2, 0) is 39.1 Å². The number of piperazine rings is 1. The number of hydrogen-bond donors (Lipinski definition) is 4. The summed E-state index contributed by atoms with van der Waals surface area (Å²) in [5, 5.41) is 9.31. The number of benzene rings is 2. The molecule has 2 saturated heterocycles. The first-order valence-corrected chi connectivity index (χ1v) is 20.8. The molecular weight excluding hydrogens is 848 g/mol. The van der Waals surface area contributed by atoms with Crippen molar-refractivity contribution in [2.45, 2.75) is 56.8 Å². The van der Waals surface area contributed by atoms with Gasteiger partial charge in [-0.25, -0.2) is 29.3 Å². The molecule has 300 valence electrons. The lowest BCUT2D eigenvalue weighted by Gasteiger charge is -2.34. The standard InChI is InChI=1S/C36H38BrClN10O8S/c37-26-18-28-25(17-27(26)38)34(51)47(20-42-28)19-24(49)16-29-30(6-3-7-39-29)56-36(53)45-57(54,55)48-12-10-46(11-13-48)35(52)44-32-31(40-8-9-41-32)33(50)43-23-14-21-4-1-2-5-22(21)15-23/h1-2,4-5,8-9,17-18,20,23,29-30,39H,3,6-7,10-16,19H2,(H,43,50)(H,45,53)(H,41,44,52)/t29-,30-/m0/s1. The molecule has 2 aromatic heterocycles. The van der Waals surface area contributed by atoms with E-state index >= 15 is 0 Å². The Morgan fingerprint density at radius 3 is 2.46 bits per heavy atom. The van der Waals surface area contributed by atoms with E-state index in [1.807, 2.05) is 29.0 Å². The molecule has 4 N–H and O–H groups in total. The second kappa shape index (κ2) is 17.2. The number of ether oxygens (including phenoxy) is 1. The van der Waals surface area contributed by atoms with E-state index in [1.165, 1.54) is 34.3 Å². The Morgan fingerprint density at radius 2 is 1.72 bits per heavy atom. The normalized spacial score (nSPS) is 18.8. The Balaban J connectivity index is 0.886. The molecule has 3 aliphatic rings. The quantitative estimate of drug-likeness (QED) is 0.180. The number of rotatable bonds is 10. The van der Waals surface area contributed by atoms with Crippen LogP contribution in [-0.4, -0.2) is 112 Å². The zero-order valence-corrected chi connectivity index (χ0v) is 33.5. The highest BCUT2D eigenvalue weighted by atomic mass is 79.9. The monoisotopic (exact) mass is 884 g/mol. The summed E-state index contributed by atoms with van der Waals surface area (Å²) in [6, 6.07) is 9.68. The number of ketones is 1. The number of nitrogens with zero attached hydrogens (tertiary/aromatic N) is 6. The van der Waals surface area contributed by atoms with E-state index in [4.69, 9.17) is 16.3 Å². The second-order valence-electron chi connectivity index (χ2n) is 13.9. The minimum atomic E-state index is -4.37. The molecular formula is C36H38BrClN10O8S. The number of hydrogen-bond acceptors (Lipinski definition) is 12. The molecule has 0 bridgehead atoms. The number of nitrogens with one attached hydrogen (secondary N) is 4. The van der Waals surface area contributed by atoms with Crippen LogP contribution in [0.1, 0.15) is 40.9 Å². The molecule has 1 aliphatic carbocycles. The van der Waals surface area contributed by atoms with E-state index in [9.17, 15) is 32.4 Å². The van der Waals surface area contributed by atoms with Crippen molar-refractivity contribution in [2.24, 2.45) is 0 Å². The van der Waals surface area contributed by atoms with Gasteiger partial charge < -0.3 is 20.3 Å². The van der Waals surface area contributed by atoms with Crippen LogP contribution in [0.3, 0.4) is 0 Å². The maximum Gasteiger partial charge on any atom is 0.422 e. The van der Waals surface area contributed by atoms with Crippen molar-refractivity contribution in [1.29, 1.82) is 0 Å². The number of carbonyl (C=O) groups is 4. The molecule has 0 saturated carbocycles. The molecule has 4 aromatic rings. The van der Waals surface area contributed by atoms with Crippen LogP contribution in [0.4, 0.5) is 15.4 Å². The van der Waals surface area contributed by atoms with Crippen LogP contribution in [0.5, 0.6) is 0 Å². The molecule has 0 radical (unpaired) electrons. The minimum Gasteiger partial charge on any atom is -0.444 e. The molecule has 2 aromatic carbocycles. The van der Waals surface area contributed by atoms with Gasteiger partial charge in [-0.2, -0.15) is 12.7 Å². The van der Waals surface area contributed by atoms with Gasteiger partial charge in [0.15, 0.2) is 17.3 Å². The van der Waals surface area contributed by atoms with Gasteiger partial charge in [0, 0.05) is 55.5 Å². The predicted octanol–water partition coefficient (Wildman–Crippen LogP) is 2.40. The highest BCUT2D eigenvalue weighted by Gasteiger charge is 2.35. The fraction of sp³-hybridized carbons (Fsp3) is 0.389. The van der Waals surface area contributed by atoms with Crippen molar-refractivity contribution in [1.82, 2.24) is 44.1 Å². The summed E-state index contributed by atoms with van der Waals surface area (Å²) in [7, 11) is -4.37. The first-order chi connectivity index (χ1) is 27.3. The Kier molecular flexibility index (Phi) is 12.1. The first kappa shape index (κ1) is 40.2. The SMILES string of the molecule is O=C(C[C@@H]1NCCC[C@@H]1OC(=O)NS(=O)(=O)N1CCN(C(=O)Nc2nccnc2C(=O)NC2Cc3ccccc3C2)CC1)Cn1cnc2cc(Br)c(Cl)cc2c1=O. The van der Waals surface area contributed by atoms with Gasteiger partial charge in [-0.05, 0) is 71.4 Å². The van der Waals surface area contributed by atoms with Crippen LogP contribution in [0, 0.1) is 0 Å². The van der Waals surface area contributed by atoms with Crippen molar-refractivity contribution in [3.63, 3.8) is 0 Å². The third kappa shape index (κ3) is 9.41. The Bertz CT molecular complexity index is 2370. The number of urea groups is 1. The summed E-state index contributed by atoms with van der Waals surface area (Å²) in [4.78, 5) is 79.3. The smallest absolute Gasteiger partial charge is 0.422 e. The van der Waals surface area contributed by atoms with Crippen molar-refractivity contribution in [3.8, 4) is 0 Å². The molecule has 0 spiro atoms. The summed E-state index contributed by atoms with van der Waals surface area (Å²) in [5.41, 5.74) is 2.25. The fourth-order valence-corrected chi connectivity index (χ4v) is 8.71. The lowest BCUT2D eigenvalue weighted by atomic mass is 9.96. The first-order valence-electron chi connectivity index (χ1n) is 18.2. The third-order valence-electron chi connectivity index (χ3n) is 10.0. The van der Waals surface area contributed by atoms with Crippen LogP contribution >= 0.6 is 27.5 Å². The molecule has 21 heteroatoms. The maximum atomic E-state index is 13.2. The van der Waals surface area contributed by atoms with Gasteiger partial charge in [-0.1, -0.05) is 35.9 Å².